The van der Waals surface area contributed by atoms with Crippen LogP contribution in [0.3, 0.4) is 0 Å². The summed E-state index contributed by atoms with van der Waals surface area (Å²) in [5.41, 5.74) is 0.281. The second-order valence-corrected chi connectivity index (χ2v) is 5.44. The molecular formula is C12H14O3S. The zero-order valence-electron chi connectivity index (χ0n) is 8.94. The van der Waals surface area contributed by atoms with Gasteiger partial charge in [-0.2, -0.15) is 11.8 Å². The van der Waals surface area contributed by atoms with Gasteiger partial charge in [0, 0.05) is 0 Å². The number of aliphatic hydroxyl groups is 1. The van der Waals surface area contributed by atoms with Crippen molar-refractivity contribution in [3.63, 3.8) is 0 Å². The van der Waals surface area contributed by atoms with Crippen LogP contribution in [0.1, 0.15) is 18.4 Å². The van der Waals surface area contributed by atoms with Crippen LogP contribution in [0, 0.1) is 0 Å². The zero-order valence-corrected chi connectivity index (χ0v) is 9.76. The molecule has 0 spiro atoms. The molecule has 4 heteroatoms. The van der Waals surface area contributed by atoms with Crippen LogP contribution < -0.4 is 9.47 Å². The van der Waals surface area contributed by atoms with Gasteiger partial charge in [0.25, 0.3) is 0 Å². The molecule has 3 rings (SSSR count). The number of ether oxygens (including phenoxy) is 2. The number of hydrogen-bond acceptors (Lipinski definition) is 4. The zero-order chi connectivity index (χ0) is 11.0. The molecule has 3 nitrogen and oxygen atoms in total. The number of hydrogen-bond donors (Lipinski definition) is 1. The lowest BCUT2D eigenvalue weighted by Crippen LogP contribution is -2.30. The summed E-state index contributed by atoms with van der Waals surface area (Å²) < 4.78 is 10.6. The van der Waals surface area contributed by atoms with E-state index in [-0.39, 0.29) is 6.79 Å². The first-order valence-electron chi connectivity index (χ1n) is 5.48. The summed E-state index contributed by atoms with van der Waals surface area (Å²) in [5, 5.41) is 10.6. The Balaban J connectivity index is 1.93. The predicted octanol–water partition coefficient (Wildman–Crippen LogP) is 2.13. The Labute approximate surface area is 98.8 Å². The van der Waals surface area contributed by atoms with Gasteiger partial charge in [0.05, 0.1) is 5.60 Å². The highest BCUT2D eigenvalue weighted by atomic mass is 32.2. The van der Waals surface area contributed by atoms with E-state index in [4.69, 9.17) is 9.47 Å². The van der Waals surface area contributed by atoms with Gasteiger partial charge in [-0.25, -0.2) is 0 Å². The summed E-state index contributed by atoms with van der Waals surface area (Å²) in [6.45, 7) is 0.285. The number of benzene rings is 1. The molecular weight excluding hydrogens is 224 g/mol. The van der Waals surface area contributed by atoms with Crippen molar-refractivity contribution < 1.29 is 14.6 Å². The molecule has 0 aliphatic carbocycles. The van der Waals surface area contributed by atoms with Crippen molar-refractivity contribution in [2.24, 2.45) is 0 Å². The van der Waals surface area contributed by atoms with Crippen molar-refractivity contribution >= 4 is 11.8 Å². The molecule has 0 atom stereocenters. The van der Waals surface area contributed by atoms with Gasteiger partial charge in [-0.15, -0.1) is 0 Å². The average Bonchev–Trinajstić information content (AvgIpc) is 2.77. The van der Waals surface area contributed by atoms with E-state index in [9.17, 15) is 5.11 Å². The third-order valence-corrected chi connectivity index (χ3v) is 4.22. The molecule has 1 fully saturated rings. The Bertz CT molecular complexity index is 399. The minimum absolute atomic E-state index is 0.285. The molecule has 2 heterocycles. The van der Waals surface area contributed by atoms with Gasteiger partial charge in [0.1, 0.15) is 0 Å². The highest BCUT2D eigenvalue weighted by Gasteiger charge is 2.32. The standard InChI is InChI=1S/C12H14O3S/c13-12(3-5-16-6-4-12)9-1-2-10-11(7-9)15-8-14-10/h1-2,7,13H,3-6,8H2. The lowest BCUT2D eigenvalue weighted by atomic mass is 9.88. The summed E-state index contributed by atoms with van der Waals surface area (Å²) in [6.07, 6.45) is 1.63. The summed E-state index contributed by atoms with van der Waals surface area (Å²) in [5.74, 6) is 3.57. The van der Waals surface area contributed by atoms with Crippen molar-refractivity contribution in [1.29, 1.82) is 0 Å². The first-order chi connectivity index (χ1) is 7.78. The van der Waals surface area contributed by atoms with Crippen LogP contribution in [0.5, 0.6) is 11.5 Å². The minimum Gasteiger partial charge on any atom is -0.454 e. The summed E-state index contributed by atoms with van der Waals surface area (Å²) in [7, 11) is 0. The predicted molar refractivity (Wildman–Crippen MR) is 63.0 cm³/mol. The van der Waals surface area contributed by atoms with Gasteiger partial charge in [-0.05, 0) is 42.0 Å². The Hall–Kier alpha value is -0.870. The molecule has 0 amide bonds. The SMILES string of the molecule is OC1(c2ccc3c(c2)OCO3)CCSCC1. The Morgan fingerprint density at radius 2 is 1.88 bits per heavy atom. The molecule has 0 aromatic heterocycles. The van der Waals surface area contributed by atoms with E-state index < -0.39 is 5.60 Å². The third kappa shape index (κ3) is 1.66. The van der Waals surface area contributed by atoms with Crippen molar-refractivity contribution in [3.05, 3.63) is 23.8 Å². The van der Waals surface area contributed by atoms with Gasteiger partial charge < -0.3 is 14.6 Å². The van der Waals surface area contributed by atoms with Crippen molar-refractivity contribution in [2.75, 3.05) is 18.3 Å². The van der Waals surface area contributed by atoms with Gasteiger partial charge in [-0.1, -0.05) is 6.07 Å². The van der Waals surface area contributed by atoms with E-state index >= 15 is 0 Å². The molecule has 1 aromatic carbocycles. The molecule has 2 aliphatic heterocycles. The average molecular weight is 238 g/mol. The van der Waals surface area contributed by atoms with Crippen LogP contribution in [0.4, 0.5) is 0 Å². The van der Waals surface area contributed by atoms with Crippen LogP contribution in [-0.4, -0.2) is 23.4 Å². The first kappa shape index (κ1) is 10.3. The van der Waals surface area contributed by atoms with Crippen molar-refractivity contribution in [2.45, 2.75) is 18.4 Å². The normalized spacial score (nSPS) is 22.1. The van der Waals surface area contributed by atoms with E-state index in [1.165, 1.54) is 0 Å². The van der Waals surface area contributed by atoms with Crippen LogP contribution in [0.25, 0.3) is 0 Å². The van der Waals surface area contributed by atoms with Crippen LogP contribution in [0.2, 0.25) is 0 Å². The van der Waals surface area contributed by atoms with Gasteiger partial charge >= 0.3 is 0 Å². The second-order valence-electron chi connectivity index (χ2n) is 4.21. The fourth-order valence-corrected chi connectivity index (χ4v) is 3.35. The van der Waals surface area contributed by atoms with Gasteiger partial charge in [-0.3, -0.25) is 0 Å². The molecule has 2 aliphatic rings. The molecule has 1 saturated heterocycles. The largest absolute Gasteiger partial charge is 0.454 e. The number of fused-ring (bicyclic) bond motifs is 1. The minimum atomic E-state index is -0.674. The molecule has 0 saturated carbocycles. The molecule has 0 unspecified atom stereocenters. The molecule has 1 N–H and O–H groups in total. The van der Waals surface area contributed by atoms with E-state index in [2.05, 4.69) is 0 Å². The summed E-state index contributed by atoms with van der Waals surface area (Å²) in [4.78, 5) is 0. The molecule has 0 radical (unpaired) electrons. The summed E-state index contributed by atoms with van der Waals surface area (Å²) >= 11 is 1.90. The van der Waals surface area contributed by atoms with Crippen LogP contribution in [-0.2, 0) is 5.60 Å². The molecule has 0 bridgehead atoms. The number of rotatable bonds is 1. The Kier molecular flexibility index (Phi) is 2.48. The fraction of sp³-hybridized carbons (Fsp3) is 0.500. The van der Waals surface area contributed by atoms with E-state index in [1.807, 2.05) is 30.0 Å². The lowest BCUT2D eigenvalue weighted by Gasteiger charge is -2.32. The molecule has 16 heavy (non-hydrogen) atoms. The second kappa shape index (κ2) is 3.86. The maximum absolute atomic E-state index is 10.6. The molecule has 86 valence electrons. The molecule has 1 aromatic rings. The van der Waals surface area contributed by atoms with Gasteiger partial charge in [0.15, 0.2) is 11.5 Å². The van der Waals surface area contributed by atoms with Crippen molar-refractivity contribution in [1.82, 2.24) is 0 Å². The van der Waals surface area contributed by atoms with Crippen LogP contribution >= 0.6 is 11.8 Å². The number of thioether (sulfide) groups is 1. The highest BCUT2D eigenvalue weighted by molar-refractivity contribution is 7.99. The van der Waals surface area contributed by atoms with E-state index in [1.54, 1.807) is 0 Å². The Morgan fingerprint density at radius 3 is 2.69 bits per heavy atom. The first-order valence-corrected chi connectivity index (χ1v) is 6.64. The Morgan fingerprint density at radius 1 is 1.12 bits per heavy atom. The van der Waals surface area contributed by atoms with E-state index in [0.29, 0.717) is 0 Å². The van der Waals surface area contributed by atoms with Crippen LogP contribution in [0.15, 0.2) is 18.2 Å². The summed E-state index contributed by atoms with van der Waals surface area (Å²) in [6, 6.07) is 5.75. The maximum Gasteiger partial charge on any atom is 0.231 e. The third-order valence-electron chi connectivity index (χ3n) is 3.23. The lowest BCUT2D eigenvalue weighted by molar-refractivity contribution is 0.0279. The van der Waals surface area contributed by atoms with Crippen molar-refractivity contribution in [3.8, 4) is 11.5 Å². The van der Waals surface area contributed by atoms with E-state index in [0.717, 1.165) is 41.4 Å². The fourth-order valence-electron chi connectivity index (χ4n) is 2.18. The monoisotopic (exact) mass is 238 g/mol. The highest BCUT2D eigenvalue weighted by Crippen LogP contribution is 2.40. The quantitative estimate of drug-likeness (QED) is 0.813. The van der Waals surface area contributed by atoms with Gasteiger partial charge in [0.2, 0.25) is 6.79 Å². The topological polar surface area (TPSA) is 38.7 Å². The maximum atomic E-state index is 10.6. The smallest absolute Gasteiger partial charge is 0.231 e.